The first-order chi connectivity index (χ1) is 13.8. The van der Waals surface area contributed by atoms with Crippen LogP contribution in [0.4, 0.5) is 8.78 Å². The van der Waals surface area contributed by atoms with Crippen LogP contribution in [0.2, 0.25) is 5.02 Å². The summed E-state index contributed by atoms with van der Waals surface area (Å²) in [5.41, 5.74) is 0.153. The molecule has 0 saturated heterocycles. The Kier molecular flexibility index (Phi) is 6.36. The van der Waals surface area contributed by atoms with Gasteiger partial charge in [0.05, 0.1) is 10.6 Å². The summed E-state index contributed by atoms with van der Waals surface area (Å²) in [5, 5.41) is 7.50. The summed E-state index contributed by atoms with van der Waals surface area (Å²) < 4.78 is 55.0. The Labute approximate surface area is 171 Å². The number of aliphatic hydroxyl groups is 1. The van der Waals surface area contributed by atoms with E-state index < -0.39 is 33.5 Å². The van der Waals surface area contributed by atoms with Gasteiger partial charge in [-0.2, -0.15) is 0 Å². The second-order valence-corrected chi connectivity index (χ2v) is 8.48. The maximum atomic E-state index is 14.5. The number of pyridine rings is 1. The lowest BCUT2D eigenvalue weighted by Crippen LogP contribution is -2.18. The molecule has 1 unspecified atom stereocenters. The molecular weight excluding hydrogens is 422 g/mol. The monoisotopic (exact) mass is 436 g/mol. The maximum Gasteiger partial charge on any atom is 0.191 e. The summed E-state index contributed by atoms with van der Waals surface area (Å²) >= 11 is 5.83. The fraction of sp³-hybridized carbons (Fsp3) is 0.100. The number of hydrogen-bond donors (Lipinski definition) is 1. The van der Waals surface area contributed by atoms with Gasteiger partial charge in [-0.25, -0.2) is 17.2 Å². The second-order valence-electron chi connectivity index (χ2n) is 6.01. The molecule has 0 spiro atoms. The van der Waals surface area contributed by atoms with Gasteiger partial charge in [0, 0.05) is 28.6 Å². The molecule has 1 heterocycles. The highest BCUT2D eigenvalue weighted by atomic mass is 35.5. The SMILES string of the molecule is O=S(=O)(c1ccc(Cl)cc1)C(c1ccc(/C=N/CO)cn1)c1cc(F)ccc1F. The van der Waals surface area contributed by atoms with Gasteiger partial charge in [0.1, 0.15) is 23.6 Å². The number of aliphatic hydroxyl groups excluding tert-OH is 1. The highest BCUT2D eigenvalue weighted by molar-refractivity contribution is 7.91. The number of hydrogen-bond acceptors (Lipinski definition) is 5. The van der Waals surface area contributed by atoms with Crippen LogP contribution in [0.25, 0.3) is 0 Å². The molecule has 0 fully saturated rings. The van der Waals surface area contributed by atoms with Crippen LogP contribution in [0.1, 0.15) is 22.1 Å². The van der Waals surface area contributed by atoms with Crippen LogP contribution < -0.4 is 0 Å². The molecule has 0 bridgehead atoms. The predicted octanol–water partition coefficient (Wildman–Crippen LogP) is 3.95. The van der Waals surface area contributed by atoms with E-state index in [4.69, 9.17) is 16.7 Å². The van der Waals surface area contributed by atoms with Gasteiger partial charge in [-0.05, 0) is 48.5 Å². The van der Waals surface area contributed by atoms with Gasteiger partial charge in [0.15, 0.2) is 9.84 Å². The van der Waals surface area contributed by atoms with Crippen molar-refractivity contribution >= 4 is 27.7 Å². The van der Waals surface area contributed by atoms with E-state index >= 15 is 0 Å². The zero-order valence-electron chi connectivity index (χ0n) is 14.8. The zero-order valence-corrected chi connectivity index (χ0v) is 16.4. The molecule has 150 valence electrons. The molecule has 0 radical (unpaired) electrons. The molecule has 0 saturated carbocycles. The van der Waals surface area contributed by atoms with E-state index in [0.29, 0.717) is 10.6 Å². The minimum Gasteiger partial charge on any atom is -0.375 e. The molecule has 5 nitrogen and oxygen atoms in total. The largest absolute Gasteiger partial charge is 0.375 e. The summed E-state index contributed by atoms with van der Waals surface area (Å²) in [5.74, 6) is -1.65. The van der Waals surface area contributed by atoms with Crippen molar-refractivity contribution < 1.29 is 22.3 Å². The average molecular weight is 437 g/mol. The molecular formula is C20H15ClF2N2O3S. The molecule has 3 rings (SSSR count). The molecule has 0 aliphatic carbocycles. The van der Waals surface area contributed by atoms with Crippen LogP contribution in [0, 0.1) is 11.6 Å². The van der Waals surface area contributed by atoms with Crippen molar-refractivity contribution in [2.75, 3.05) is 6.73 Å². The van der Waals surface area contributed by atoms with Crippen LogP contribution in [0.15, 0.2) is 70.7 Å². The Bertz CT molecular complexity index is 1140. The fourth-order valence-corrected chi connectivity index (χ4v) is 4.64. The van der Waals surface area contributed by atoms with E-state index in [9.17, 15) is 17.2 Å². The van der Waals surface area contributed by atoms with Crippen molar-refractivity contribution in [3.63, 3.8) is 0 Å². The third-order valence-corrected chi connectivity index (χ3v) is 6.39. The van der Waals surface area contributed by atoms with Crippen molar-refractivity contribution in [2.45, 2.75) is 10.1 Å². The first-order valence-electron chi connectivity index (χ1n) is 8.34. The van der Waals surface area contributed by atoms with Crippen molar-refractivity contribution in [3.05, 3.63) is 94.3 Å². The summed E-state index contributed by atoms with van der Waals surface area (Å²) in [6, 6.07) is 10.9. The van der Waals surface area contributed by atoms with Gasteiger partial charge < -0.3 is 5.11 Å². The topological polar surface area (TPSA) is 79.6 Å². The van der Waals surface area contributed by atoms with Gasteiger partial charge in [-0.3, -0.25) is 9.98 Å². The standard InChI is InChI=1S/C20H15ClF2N2O3S/c21-14-2-5-16(6-3-14)29(27,28)20(17-9-15(22)4-7-18(17)23)19-8-1-13(11-25-19)10-24-12-26/h1-11,20,26H,12H2/b24-10+. The third kappa shape index (κ3) is 4.67. The summed E-state index contributed by atoms with van der Waals surface area (Å²) in [6.45, 7) is -0.413. The molecule has 1 aromatic heterocycles. The zero-order chi connectivity index (χ0) is 21.0. The molecule has 1 N–H and O–H groups in total. The minimum absolute atomic E-state index is 0.00518. The van der Waals surface area contributed by atoms with Gasteiger partial charge in [-0.15, -0.1) is 0 Å². The Morgan fingerprint density at radius 2 is 1.83 bits per heavy atom. The number of sulfone groups is 1. The minimum atomic E-state index is -4.19. The quantitative estimate of drug-likeness (QED) is 0.593. The molecule has 1 atom stereocenters. The molecule has 0 amide bonds. The van der Waals surface area contributed by atoms with Gasteiger partial charge >= 0.3 is 0 Å². The number of aromatic nitrogens is 1. The van der Waals surface area contributed by atoms with Crippen LogP contribution in [0.3, 0.4) is 0 Å². The van der Waals surface area contributed by atoms with Crippen molar-refractivity contribution in [1.29, 1.82) is 0 Å². The Balaban J connectivity index is 2.18. The van der Waals surface area contributed by atoms with E-state index in [1.54, 1.807) is 0 Å². The smallest absolute Gasteiger partial charge is 0.191 e. The fourth-order valence-electron chi connectivity index (χ4n) is 2.76. The normalized spacial score (nSPS) is 13.0. The van der Waals surface area contributed by atoms with Crippen LogP contribution in [-0.4, -0.2) is 31.5 Å². The van der Waals surface area contributed by atoms with Crippen molar-refractivity contribution in [1.82, 2.24) is 4.98 Å². The summed E-state index contributed by atoms with van der Waals surface area (Å²) in [4.78, 5) is 7.67. The Morgan fingerprint density at radius 3 is 2.45 bits per heavy atom. The van der Waals surface area contributed by atoms with Gasteiger partial charge in [0.2, 0.25) is 0 Å². The molecule has 2 aromatic carbocycles. The van der Waals surface area contributed by atoms with E-state index in [-0.39, 0.29) is 16.2 Å². The molecule has 0 aliphatic heterocycles. The summed E-state index contributed by atoms with van der Waals surface area (Å²) in [6.07, 6.45) is 2.68. The average Bonchev–Trinajstić information content (AvgIpc) is 2.70. The number of halogens is 3. The number of aliphatic imine (C=N–C) groups is 1. The lowest BCUT2D eigenvalue weighted by atomic mass is 10.1. The van der Waals surface area contributed by atoms with Gasteiger partial charge in [-0.1, -0.05) is 17.7 Å². The Hall–Kier alpha value is -2.68. The van der Waals surface area contributed by atoms with Crippen molar-refractivity contribution in [3.8, 4) is 0 Å². The first-order valence-corrected chi connectivity index (χ1v) is 10.3. The highest BCUT2D eigenvalue weighted by Gasteiger charge is 2.34. The van der Waals surface area contributed by atoms with E-state index in [2.05, 4.69) is 9.98 Å². The maximum absolute atomic E-state index is 14.5. The van der Waals surface area contributed by atoms with E-state index in [1.807, 2.05) is 0 Å². The lowest BCUT2D eigenvalue weighted by molar-refractivity contribution is 0.310. The van der Waals surface area contributed by atoms with Crippen molar-refractivity contribution in [2.24, 2.45) is 4.99 Å². The second kappa shape index (κ2) is 8.77. The third-order valence-electron chi connectivity index (χ3n) is 4.09. The van der Waals surface area contributed by atoms with Crippen LogP contribution >= 0.6 is 11.6 Å². The van der Waals surface area contributed by atoms with Crippen LogP contribution in [-0.2, 0) is 9.84 Å². The first kappa shape index (κ1) is 21.0. The predicted molar refractivity (Wildman–Crippen MR) is 106 cm³/mol. The molecule has 3 aromatic rings. The number of rotatable bonds is 6. The van der Waals surface area contributed by atoms with Crippen LogP contribution in [0.5, 0.6) is 0 Å². The van der Waals surface area contributed by atoms with E-state index in [1.165, 1.54) is 48.8 Å². The lowest BCUT2D eigenvalue weighted by Gasteiger charge is -2.19. The van der Waals surface area contributed by atoms with E-state index in [0.717, 1.165) is 18.2 Å². The van der Waals surface area contributed by atoms with Gasteiger partial charge in [0.25, 0.3) is 0 Å². The summed E-state index contributed by atoms with van der Waals surface area (Å²) in [7, 11) is -4.19. The Morgan fingerprint density at radius 1 is 1.10 bits per heavy atom. The number of nitrogens with zero attached hydrogens (tertiary/aromatic N) is 2. The molecule has 0 aliphatic rings. The molecule has 9 heteroatoms. The highest BCUT2D eigenvalue weighted by Crippen LogP contribution is 2.36. The number of benzene rings is 2. The molecule has 29 heavy (non-hydrogen) atoms.